The summed E-state index contributed by atoms with van der Waals surface area (Å²) >= 11 is 0. The third kappa shape index (κ3) is 3.43. The minimum Gasteiger partial charge on any atom is -0.265 e. The SMILES string of the molecule is FC(F)(F)c1cc(-c2nc[nH]n2)cc(S(F)(F)(F)(F)F)c1. The van der Waals surface area contributed by atoms with Gasteiger partial charge < -0.3 is 0 Å². The van der Waals surface area contributed by atoms with E-state index in [1.807, 2.05) is 0 Å². The number of nitrogens with one attached hydrogen (secondary N) is 1. The third-order valence-corrected chi connectivity index (χ3v) is 3.48. The van der Waals surface area contributed by atoms with Crippen molar-refractivity contribution in [3.05, 3.63) is 30.1 Å². The first-order chi connectivity index (χ1) is 9.16. The molecule has 1 heterocycles. The maximum atomic E-state index is 12.7. The van der Waals surface area contributed by atoms with Gasteiger partial charge in [-0.2, -0.15) is 18.3 Å². The minimum absolute atomic E-state index is 0.111. The molecule has 1 aromatic carbocycles. The molecule has 2 rings (SSSR count). The third-order valence-electron chi connectivity index (χ3n) is 2.35. The topological polar surface area (TPSA) is 41.6 Å². The summed E-state index contributed by atoms with van der Waals surface area (Å²) in [4.78, 5) is 0.697. The van der Waals surface area contributed by atoms with Crippen molar-refractivity contribution in [3.63, 3.8) is 0 Å². The fourth-order valence-electron chi connectivity index (χ4n) is 1.46. The number of halogens is 8. The average Bonchev–Trinajstić information content (AvgIpc) is 2.77. The summed E-state index contributed by atoms with van der Waals surface area (Å²) < 4.78 is 101. The lowest BCUT2D eigenvalue weighted by atomic mass is 10.1. The Balaban J connectivity index is 2.77. The molecule has 0 unspecified atom stereocenters. The van der Waals surface area contributed by atoms with Gasteiger partial charge in [0.05, 0.1) is 5.56 Å². The first-order valence-electron chi connectivity index (χ1n) is 4.99. The Morgan fingerprint density at radius 1 is 0.952 bits per heavy atom. The number of aromatic nitrogens is 3. The monoisotopic (exact) mass is 339 g/mol. The van der Waals surface area contributed by atoms with Gasteiger partial charge in [-0.15, -0.1) is 0 Å². The van der Waals surface area contributed by atoms with E-state index in [2.05, 4.69) is 15.2 Å². The normalized spacial score (nSPS) is 16.4. The minimum atomic E-state index is -10.3. The molecule has 1 aromatic heterocycles. The van der Waals surface area contributed by atoms with Gasteiger partial charge in [0.1, 0.15) is 11.2 Å². The van der Waals surface area contributed by atoms with Crippen LogP contribution in [0.3, 0.4) is 0 Å². The predicted octanol–water partition coefficient (Wildman–Crippen LogP) is 5.15. The van der Waals surface area contributed by atoms with Crippen molar-refractivity contribution >= 4 is 10.2 Å². The number of alkyl halides is 3. The van der Waals surface area contributed by atoms with Crippen LogP contribution in [0.4, 0.5) is 32.6 Å². The van der Waals surface area contributed by atoms with Gasteiger partial charge in [0.15, 0.2) is 5.82 Å². The van der Waals surface area contributed by atoms with Gasteiger partial charge in [-0.25, -0.2) is 4.98 Å². The lowest BCUT2D eigenvalue weighted by Crippen LogP contribution is -2.11. The summed E-state index contributed by atoms with van der Waals surface area (Å²) in [6, 6.07) is -0.478. The van der Waals surface area contributed by atoms with Crippen LogP contribution in [-0.2, 0) is 6.18 Å². The van der Waals surface area contributed by atoms with Crippen molar-refractivity contribution in [3.8, 4) is 11.4 Å². The van der Waals surface area contributed by atoms with Crippen LogP contribution in [0.2, 0.25) is 0 Å². The van der Waals surface area contributed by atoms with Gasteiger partial charge in [-0.1, -0.05) is 19.4 Å². The molecule has 0 aliphatic carbocycles. The van der Waals surface area contributed by atoms with Crippen molar-refractivity contribution in [1.29, 1.82) is 0 Å². The highest BCUT2D eigenvalue weighted by Crippen LogP contribution is 3.02. The molecule has 12 heteroatoms. The van der Waals surface area contributed by atoms with E-state index in [0.29, 0.717) is 0 Å². The predicted molar refractivity (Wildman–Crippen MR) is 58.2 cm³/mol. The maximum absolute atomic E-state index is 12.7. The molecule has 0 fully saturated rings. The molecule has 2 aromatic rings. The molecule has 0 spiro atoms. The van der Waals surface area contributed by atoms with E-state index in [1.165, 1.54) is 0 Å². The summed E-state index contributed by atoms with van der Waals surface area (Å²) in [6.07, 6.45) is -4.35. The molecule has 3 nitrogen and oxygen atoms in total. The average molecular weight is 339 g/mol. The van der Waals surface area contributed by atoms with Crippen LogP contribution in [0.15, 0.2) is 29.4 Å². The molecular weight excluding hydrogens is 334 g/mol. The number of nitrogens with zero attached hydrogens (tertiary/aromatic N) is 2. The number of hydrogen-bond donors (Lipinski definition) is 1. The second-order valence-corrected chi connectivity index (χ2v) is 6.44. The first-order valence-corrected chi connectivity index (χ1v) is 6.94. The second kappa shape index (κ2) is 3.67. The molecule has 0 aliphatic rings. The van der Waals surface area contributed by atoms with E-state index in [4.69, 9.17) is 0 Å². The highest BCUT2D eigenvalue weighted by Gasteiger charge is 2.66. The van der Waals surface area contributed by atoms with Crippen LogP contribution in [-0.4, -0.2) is 15.2 Å². The van der Waals surface area contributed by atoms with Crippen molar-refractivity contribution in [2.24, 2.45) is 0 Å². The number of benzene rings is 1. The van der Waals surface area contributed by atoms with E-state index < -0.39 is 44.3 Å². The van der Waals surface area contributed by atoms with Gasteiger partial charge in [0.2, 0.25) is 0 Å². The molecule has 0 saturated heterocycles. The number of rotatable bonds is 2. The summed E-state index contributed by atoms with van der Waals surface area (Å²) in [6.45, 7) is 0. The summed E-state index contributed by atoms with van der Waals surface area (Å²) in [5.74, 6) is -0.566. The molecule has 118 valence electrons. The molecule has 0 radical (unpaired) electrons. The van der Waals surface area contributed by atoms with Gasteiger partial charge in [-0.05, 0) is 18.2 Å². The van der Waals surface area contributed by atoms with Gasteiger partial charge >= 0.3 is 16.4 Å². The molecule has 21 heavy (non-hydrogen) atoms. The second-order valence-electron chi connectivity index (χ2n) is 4.04. The Morgan fingerprint density at radius 3 is 2.00 bits per heavy atom. The van der Waals surface area contributed by atoms with Gasteiger partial charge in [0.25, 0.3) is 0 Å². The summed E-state index contributed by atoms with van der Waals surface area (Å²) in [7, 11) is -10.3. The summed E-state index contributed by atoms with van der Waals surface area (Å²) in [5, 5.41) is 5.34. The number of aromatic amines is 1. The van der Waals surface area contributed by atoms with Crippen molar-refractivity contribution in [2.75, 3.05) is 0 Å². The molecule has 0 amide bonds. The van der Waals surface area contributed by atoms with Crippen LogP contribution >= 0.6 is 10.2 Å². The summed E-state index contributed by atoms with van der Waals surface area (Å²) in [5.41, 5.74) is -2.69. The smallest absolute Gasteiger partial charge is 0.265 e. The highest BCUT2D eigenvalue weighted by molar-refractivity contribution is 8.45. The van der Waals surface area contributed by atoms with Crippen molar-refractivity contribution in [1.82, 2.24) is 15.2 Å². The van der Waals surface area contributed by atoms with E-state index in [-0.39, 0.29) is 12.1 Å². The quantitative estimate of drug-likeness (QED) is 0.769. The lowest BCUT2D eigenvalue weighted by molar-refractivity contribution is -0.137. The largest absolute Gasteiger partial charge is 0.416 e. The Labute approximate surface area is 111 Å². The van der Waals surface area contributed by atoms with Crippen molar-refractivity contribution < 1.29 is 32.6 Å². The number of H-pyrrole nitrogens is 1. The van der Waals surface area contributed by atoms with Crippen LogP contribution in [0.25, 0.3) is 11.4 Å². The van der Waals surface area contributed by atoms with E-state index in [0.717, 1.165) is 6.33 Å². The zero-order valence-corrected chi connectivity index (χ0v) is 10.5. The molecule has 0 saturated carbocycles. The van der Waals surface area contributed by atoms with Crippen LogP contribution in [0.1, 0.15) is 5.56 Å². The fraction of sp³-hybridized carbons (Fsp3) is 0.111. The molecule has 0 aliphatic heterocycles. The highest BCUT2D eigenvalue weighted by atomic mass is 32.5. The lowest BCUT2D eigenvalue weighted by Gasteiger charge is -2.40. The van der Waals surface area contributed by atoms with Gasteiger partial charge in [-0.3, -0.25) is 5.10 Å². The van der Waals surface area contributed by atoms with E-state index >= 15 is 0 Å². The van der Waals surface area contributed by atoms with Crippen LogP contribution < -0.4 is 0 Å². The zero-order valence-electron chi connectivity index (χ0n) is 9.64. The Hall–Kier alpha value is -1.85. The Kier molecular flexibility index (Phi) is 2.71. The van der Waals surface area contributed by atoms with E-state index in [1.54, 1.807) is 0 Å². The maximum Gasteiger partial charge on any atom is 0.416 e. The molecule has 0 bridgehead atoms. The fourth-order valence-corrected chi connectivity index (χ4v) is 2.16. The Morgan fingerprint density at radius 2 is 1.57 bits per heavy atom. The van der Waals surface area contributed by atoms with Crippen LogP contribution in [0, 0.1) is 0 Å². The van der Waals surface area contributed by atoms with Crippen LogP contribution in [0.5, 0.6) is 0 Å². The van der Waals surface area contributed by atoms with E-state index in [9.17, 15) is 32.6 Å². The standard InChI is InChI=1S/C9H5F8N3S/c10-9(11,12)6-1-5(8-18-4-19-20-8)2-7(3-6)21(13,14,15,16)17/h1-4H,(H,18,19,20). The Bertz CT molecular complexity index is 673. The number of hydrogen-bond acceptors (Lipinski definition) is 2. The molecular formula is C9H5F8N3S. The first kappa shape index (κ1) is 15.5. The van der Waals surface area contributed by atoms with Gasteiger partial charge in [0, 0.05) is 5.56 Å². The zero-order chi connectivity index (χ0) is 16.2. The molecule has 1 N–H and O–H groups in total. The van der Waals surface area contributed by atoms with Crippen molar-refractivity contribution in [2.45, 2.75) is 11.1 Å². The molecule has 0 atom stereocenters.